The zero-order valence-electron chi connectivity index (χ0n) is 13.1. The van der Waals surface area contributed by atoms with E-state index in [9.17, 15) is 4.79 Å². The second-order valence-electron chi connectivity index (χ2n) is 5.26. The Kier molecular flexibility index (Phi) is 5.88. The van der Waals surface area contributed by atoms with E-state index in [0.717, 1.165) is 19.6 Å². The first kappa shape index (κ1) is 16.9. The molecule has 0 aromatic heterocycles. The predicted octanol–water partition coefficient (Wildman–Crippen LogP) is 1.59. The Labute approximate surface area is 135 Å². The Morgan fingerprint density at radius 3 is 2.77 bits per heavy atom. The molecule has 0 radical (unpaired) electrons. The normalized spacial score (nSPS) is 18.8. The Morgan fingerprint density at radius 2 is 2.14 bits per heavy atom. The Hall–Kier alpha value is -1.50. The molecule has 1 atom stereocenters. The minimum Gasteiger partial charge on any atom is -0.495 e. The van der Waals surface area contributed by atoms with Crippen LogP contribution in [0.25, 0.3) is 0 Å². The van der Waals surface area contributed by atoms with Gasteiger partial charge in [0, 0.05) is 37.8 Å². The van der Waals surface area contributed by atoms with Crippen LogP contribution in [0, 0.1) is 0 Å². The van der Waals surface area contributed by atoms with Gasteiger partial charge in [-0.05, 0) is 6.92 Å². The summed E-state index contributed by atoms with van der Waals surface area (Å²) in [6.45, 7) is 5.10. The number of benzene rings is 1. The maximum absolute atomic E-state index is 12.3. The number of rotatable bonds is 5. The van der Waals surface area contributed by atoms with Gasteiger partial charge in [0.2, 0.25) is 5.91 Å². The molecule has 1 aromatic carbocycles. The molecule has 0 bridgehead atoms. The lowest BCUT2D eigenvalue weighted by Crippen LogP contribution is -2.51. The number of carbonyl (C=O) groups is 1. The topological polar surface area (TPSA) is 62.8 Å². The van der Waals surface area contributed by atoms with Crippen LogP contribution in [0.3, 0.4) is 0 Å². The van der Waals surface area contributed by atoms with E-state index in [0.29, 0.717) is 34.8 Å². The summed E-state index contributed by atoms with van der Waals surface area (Å²) in [4.78, 5) is 14.4. The molecule has 1 heterocycles. The summed E-state index contributed by atoms with van der Waals surface area (Å²) in [5, 5.41) is 6.61. The fraction of sp³-hybridized carbons (Fsp3) is 0.533. The molecule has 7 heteroatoms. The highest BCUT2D eigenvalue weighted by atomic mass is 35.5. The Morgan fingerprint density at radius 1 is 1.41 bits per heavy atom. The smallest absolute Gasteiger partial charge is 0.238 e. The molecule has 6 nitrogen and oxygen atoms in total. The number of nitrogens with one attached hydrogen (secondary N) is 2. The highest BCUT2D eigenvalue weighted by Gasteiger charge is 2.21. The van der Waals surface area contributed by atoms with Gasteiger partial charge in [0.1, 0.15) is 11.5 Å². The van der Waals surface area contributed by atoms with Gasteiger partial charge >= 0.3 is 0 Å². The fourth-order valence-corrected chi connectivity index (χ4v) is 2.68. The zero-order valence-corrected chi connectivity index (χ0v) is 13.9. The van der Waals surface area contributed by atoms with Crippen molar-refractivity contribution >= 4 is 23.2 Å². The van der Waals surface area contributed by atoms with Gasteiger partial charge in [-0.2, -0.15) is 0 Å². The Bertz CT molecular complexity index is 539. The van der Waals surface area contributed by atoms with E-state index in [1.807, 2.05) is 0 Å². The summed E-state index contributed by atoms with van der Waals surface area (Å²) in [5.41, 5.74) is 0.552. The van der Waals surface area contributed by atoms with Crippen LogP contribution in [0.15, 0.2) is 12.1 Å². The number of methoxy groups -OCH3 is 2. The first-order valence-electron chi connectivity index (χ1n) is 7.21. The molecule has 1 saturated heterocycles. The van der Waals surface area contributed by atoms with Crippen LogP contribution < -0.4 is 20.1 Å². The van der Waals surface area contributed by atoms with E-state index in [4.69, 9.17) is 21.1 Å². The molecule has 0 unspecified atom stereocenters. The first-order chi connectivity index (χ1) is 10.5. The van der Waals surface area contributed by atoms with Crippen LogP contribution in [0.5, 0.6) is 11.5 Å². The van der Waals surface area contributed by atoms with Crippen molar-refractivity contribution < 1.29 is 14.3 Å². The summed E-state index contributed by atoms with van der Waals surface area (Å²) < 4.78 is 10.4. The summed E-state index contributed by atoms with van der Waals surface area (Å²) in [7, 11) is 3.06. The van der Waals surface area contributed by atoms with Crippen molar-refractivity contribution in [3.8, 4) is 11.5 Å². The highest BCUT2D eigenvalue weighted by Crippen LogP contribution is 2.35. The molecular formula is C15H22ClN3O3. The number of hydrogen-bond acceptors (Lipinski definition) is 5. The maximum Gasteiger partial charge on any atom is 0.238 e. The van der Waals surface area contributed by atoms with Crippen molar-refractivity contribution in [1.82, 2.24) is 10.2 Å². The summed E-state index contributed by atoms with van der Waals surface area (Å²) in [5.74, 6) is 0.914. The van der Waals surface area contributed by atoms with Crippen LogP contribution in [0.1, 0.15) is 6.92 Å². The second-order valence-corrected chi connectivity index (χ2v) is 5.67. The summed E-state index contributed by atoms with van der Waals surface area (Å²) in [6, 6.07) is 3.63. The molecule has 22 heavy (non-hydrogen) atoms. The van der Waals surface area contributed by atoms with Crippen molar-refractivity contribution in [2.75, 3.05) is 45.7 Å². The van der Waals surface area contributed by atoms with Gasteiger partial charge in [0.15, 0.2) is 0 Å². The van der Waals surface area contributed by atoms with Crippen LogP contribution in [-0.4, -0.2) is 57.2 Å². The highest BCUT2D eigenvalue weighted by molar-refractivity contribution is 6.32. The standard InChI is InChI=1S/C15H22ClN3O3/c1-10-8-17-4-5-19(10)9-15(20)18-12-7-13(21-2)11(16)6-14(12)22-3/h6-7,10,17H,4-5,8-9H2,1-3H3,(H,18,20)/t10-/m0/s1. The molecular weight excluding hydrogens is 306 g/mol. The second kappa shape index (κ2) is 7.67. The van der Waals surface area contributed by atoms with Crippen molar-refractivity contribution in [2.24, 2.45) is 0 Å². The number of hydrogen-bond donors (Lipinski definition) is 2. The summed E-state index contributed by atoms with van der Waals surface area (Å²) >= 11 is 6.06. The molecule has 1 amide bonds. The van der Waals surface area contributed by atoms with Crippen molar-refractivity contribution in [1.29, 1.82) is 0 Å². The lowest BCUT2D eigenvalue weighted by atomic mass is 10.2. The number of ether oxygens (including phenoxy) is 2. The number of anilines is 1. The quantitative estimate of drug-likeness (QED) is 0.860. The van der Waals surface area contributed by atoms with E-state index in [-0.39, 0.29) is 5.91 Å². The third-order valence-corrected chi connectivity index (χ3v) is 4.03. The van der Waals surface area contributed by atoms with Gasteiger partial charge in [0.05, 0.1) is 31.5 Å². The molecule has 1 aliphatic heterocycles. The van der Waals surface area contributed by atoms with Crippen molar-refractivity contribution in [3.63, 3.8) is 0 Å². The van der Waals surface area contributed by atoms with Crippen LogP contribution in [0.4, 0.5) is 5.69 Å². The third-order valence-electron chi connectivity index (χ3n) is 3.73. The van der Waals surface area contributed by atoms with Crippen molar-refractivity contribution in [2.45, 2.75) is 13.0 Å². The molecule has 0 spiro atoms. The minimum atomic E-state index is -0.0866. The van der Waals surface area contributed by atoms with E-state index < -0.39 is 0 Å². The SMILES string of the molecule is COc1cc(NC(=O)CN2CCNC[C@@H]2C)c(OC)cc1Cl. The van der Waals surface area contributed by atoms with Gasteiger partial charge in [-0.1, -0.05) is 11.6 Å². The van der Waals surface area contributed by atoms with E-state index in [1.54, 1.807) is 12.1 Å². The molecule has 122 valence electrons. The van der Waals surface area contributed by atoms with Gasteiger partial charge in [-0.25, -0.2) is 0 Å². The van der Waals surface area contributed by atoms with Crippen LogP contribution in [0.2, 0.25) is 5.02 Å². The van der Waals surface area contributed by atoms with E-state index in [1.165, 1.54) is 14.2 Å². The number of piperazine rings is 1. The largest absolute Gasteiger partial charge is 0.495 e. The Balaban J connectivity index is 2.07. The lowest BCUT2D eigenvalue weighted by Gasteiger charge is -2.33. The maximum atomic E-state index is 12.3. The number of nitrogens with zero attached hydrogens (tertiary/aromatic N) is 1. The molecule has 1 fully saturated rings. The average molecular weight is 328 g/mol. The van der Waals surface area contributed by atoms with Gasteiger partial charge in [0.25, 0.3) is 0 Å². The van der Waals surface area contributed by atoms with Gasteiger partial charge in [-0.15, -0.1) is 0 Å². The van der Waals surface area contributed by atoms with Gasteiger partial charge in [-0.3, -0.25) is 9.69 Å². The number of amides is 1. The van der Waals surface area contributed by atoms with Crippen LogP contribution >= 0.6 is 11.6 Å². The monoisotopic (exact) mass is 327 g/mol. The minimum absolute atomic E-state index is 0.0866. The fourth-order valence-electron chi connectivity index (χ4n) is 2.45. The van der Waals surface area contributed by atoms with Crippen molar-refractivity contribution in [3.05, 3.63) is 17.2 Å². The third kappa shape index (κ3) is 4.03. The molecule has 1 aromatic rings. The molecule has 0 saturated carbocycles. The van der Waals surface area contributed by atoms with E-state index in [2.05, 4.69) is 22.5 Å². The van der Waals surface area contributed by atoms with E-state index >= 15 is 0 Å². The number of carbonyl (C=O) groups excluding carboxylic acids is 1. The van der Waals surface area contributed by atoms with Gasteiger partial charge < -0.3 is 20.1 Å². The van der Waals surface area contributed by atoms with Crippen LogP contribution in [-0.2, 0) is 4.79 Å². The molecule has 2 rings (SSSR count). The summed E-state index contributed by atoms with van der Waals surface area (Å²) in [6.07, 6.45) is 0. The average Bonchev–Trinajstić information content (AvgIpc) is 2.50. The molecule has 0 aliphatic carbocycles. The first-order valence-corrected chi connectivity index (χ1v) is 7.59. The molecule has 1 aliphatic rings. The zero-order chi connectivity index (χ0) is 16.1. The molecule has 2 N–H and O–H groups in total. The lowest BCUT2D eigenvalue weighted by molar-refractivity contribution is -0.118. The number of halogens is 1. The predicted molar refractivity (Wildman–Crippen MR) is 87.1 cm³/mol.